The Kier molecular flexibility index (Phi) is 2.54. The van der Waals surface area contributed by atoms with Crippen LogP contribution in [0.5, 0.6) is 0 Å². The summed E-state index contributed by atoms with van der Waals surface area (Å²) in [6.07, 6.45) is 2.95. The van der Waals surface area contributed by atoms with Gasteiger partial charge in [0.2, 0.25) is 11.8 Å². The number of rotatable bonds is 2. The highest BCUT2D eigenvalue weighted by atomic mass is 16.3. The molecule has 1 saturated heterocycles. The summed E-state index contributed by atoms with van der Waals surface area (Å²) in [6.45, 7) is 0.523. The Morgan fingerprint density at radius 3 is 2.29 bits per heavy atom. The van der Waals surface area contributed by atoms with Crippen LogP contribution in [0.25, 0.3) is 0 Å². The third-order valence-corrected chi connectivity index (χ3v) is 3.03. The standard InChI is InChI=1S/C10H15NO3/c12-8-4-7(5-8)6-11-9(13)2-1-3-10(11)14/h7-8,12H,1-6H2. The SMILES string of the molecule is O=C1CCCC(=O)N1CC1CC(O)C1. The molecule has 2 amide bonds. The van der Waals surface area contributed by atoms with Crippen LogP contribution in [0.4, 0.5) is 0 Å². The molecule has 0 unspecified atom stereocenters. The van der Waals surface area contributed by atoms with Crippen LogP contribution in [0.2, 0.25) is 0 Å². The quantitative estimate of drug-likeness (QED) is 0.647. The van der Waals surface area contributed by atoms with E-state index in [2.05, 4.69) is 0 Å². The molecule has 1 aliphatic carbocycles. The second-order valence-electron chi connectivity index (χ2n) is 4.24. The van der Waals surface area contributed by atoms with Gasteiger partial charge in [-0.15, -0.1) is 0 Å². The molecular weight excluding hydrogens is 182 g/mol. The van der Waals surface area contributed by atoms with Crippen molar-refractivity contribution in [1.29, 1.82) is 0 Å². The fraction of sp³-hybridized carbons (Fsp3) is 0.800. The molecule has 0 bridgehead atoms. The van der Waals surface area contributed by atoms with Gasteiger partial charge in [0.15, 0.2) is 0 Å². The molecule has 1 heterocycles. The van der Waals surface area contributed by atoms with Gasteiger partial charge < -0.3 is 5.11 Å². The highest BCUT2D eigenvalue weighted by molar-refractivity contribution is 5.97. The molecule has 2 aliphatic rings. The zero-order valence-corrected chi connectivity index (χ0v) is 8.11. The molecule has 0 aromatic heterocycles. The topological polar surface area (TPSA) is 57.6 Å². The van der Waals surface area contributed by atoms with Gasteiger partial charge >= 0.3 is 0 Å². The van der Waals surface area contributed by atoms with Crippen molar-refractivity contribution in [1.82, 2.24) is 4.90 Å². The second-order valence-corrected chi connectivity index (χ2v) is 4.24. The lowest BCUT2D eigenvalue weighted by atomic mass is 9.82. The minimum Gasteiger partial charge on any atom is -0.393 e. The van der Waals surface area contributed by atoms with Crippen molar-refractivity contribution in [3.05, 3.63) is 0 Å². The van der Waals surface area contributed by atoms with Crippen molar-refractivity contribution in [2.45, 2.75) is 38.2 Å². The summed E-state index contributed by atoms with van der Waals surface area (Å²) in [4.78, 5) is 24.2. The molecule has 0 spiro atoms. The van der Waals surface area contributed by atoms with Crippen molar-refractivity contribution < 1.29 is 14.7 Å². The molecule has 0 aromatic rings. The first-order valence-electron chi connectivity index (χ1n) is 5.18. The number of imide groups is 1. The van der Waals surface area contributed by atoms with Crippen molar-refractivity contribution >= 4 is 11.8 Å². The lowest BCUT2D eigenvalue weighted by Gasteiger charge is -2.36. The monoisotopic (exact) mass is 197 g/mol. The van der Waals surface area contributed by atoms with Gasteiger partial charge in [0.25, 0.3) is 0 Å². The number of aliphatic hydroxyl groups excluding tert-OH is 1. The molecular formula is C10H15NO3. The van der Waals surface area contributed by atoms with Crippen LogP contribution in [0.3, 0.4) is 0 Å². The number of carbonyl (C=O) groups is 2. The van der Waals surface area contributed by atoms with E-state index in [0.29, 0.717) is 31.7 Å². The summed E-state index contributed by atoms with van der Waals surface area (Å²) in [5.74, 6) is 0.251. The molecule has 14 heavy (non-hydrogen) atoms. The minimum absolute atomic E-state index is 0.0392. The number of amides is 2. The molecule has 2 rings (SSSR count). The molecule has 1 aliphatic heterocycles. The molecule has 1 N–H and O–H groups in total. The minimum atomic E-state index is -0.213. The first-order valence-corrected chi connectivity index (χ1v) is 5.18. The molecule has 78 valence electrons. The maximum Gasteiger partial charge on any atom is 0.229 e. The molecule has 0 radical (unpaired) electrons. The Labute approximate surface area is 82.9 Å². The van der Waals surface area contributed by atoms with Gasteiger partial charge in [0.05, 0.1) is 6.10 Å². The third-order valence-electron chi connectivity index (χ3n) is 3.03. The summed E-state index contributed by atoms with van der Waals surface area (Å²) in [5.41, 5.74) is 0. The van der Waals surface area contributed by atoms with Crippen LogP contribution >= 0.6 is 0 Å². The van der Waals surface area contributed by atoms with Gasteiger partial charge in [-0.05, 0) is 25.2 Å². The highest BCUT2D eigenvalue weighted by Gasteiger charge is 2.33. The predicted octanol–water partition coefficient (Wildman–Crippen LogP) is 0.296. The van der Waals surface area contributed by atoms with Crippen LogP contribution in [0.15, 0.2) is 0 Å². The number of piperidine rings is 1. The summed E-state index contributed by atoms with van der Waals surface area (Å²) in [5, 5.41) is 9.09. The average molecular weight is 197 g/mol. The van der Waals surface area contributed by atoms with Gasteiger partial charge in [-0.3, -0.25) is 14.5 Å². The summed E-state index contributed by atoms with van der Waals surface area (Å²) in [7, 11) is 0. The van der Waals surface area contributed by atoms with E-state index in [1.54, 1.807) is 0 Å². The fourth-order valence-electron chi connectivity index (χ4n) is 2.11. The zero-order valence-electron chi connectivity index (χ0n) is 8.11. The Hall–Kier alpha value is -0.900. The number of nitrogens with zero attached hydrogens (tertiary/aromatic N) is 1. The number of aliphatic hydroxyl groups is 1. The van der Waals surface area contributed by atoms with E-state index in [1.807, 2.05) is 0 Å². The smallest absolute Gasteiger partial charge is 0.229 e. The van der Waals surface area contributed by atoms with Crippen molar-refractivity contribution in [3.8, 4) is 0 Å². The summed E-state index contributed by atoms with van der Waals surface area (Å²) >= 11 is 0. The molecule has 4 nitrogen and oxygen atoms in total. The van der Waals surface area contributed by atoms with E-state index in [1.165, 1.54) is 4.90 Å². The van der Waals surface area contributed by atoms with Crippen LogP contribution in [-0.4, -0.2) is 34.5 Å². The normalized spacial score (nSPS) is 33.1. The Balaban J connectivity index is 1.88. The van der Waals surface area contributed by atoms with Gasteiger partial charge in [-0.1, -0.05) is 0 Å². The van der Waals surface area contributed by atoms with Gasteiger partial charge in [-0.2, -0.15) is 0 Å². The Morgan fingerprint density at radius 1 is 1.21 bits per heavy atom. The molecule has 2 fully saturated rings. The van der Waals surface area contributed by atoms with E-state index >= 15 is 0 Å². The third kappa shape index (κ3) is 1.80. The zero-order chi connectivity index (χ0) is 10.1. The maximum atomic E-state index is 11.4. The van der Waals surface area contributed by atoms with E-state index in [0.717, 1.165) is 12.8 Å². The largest absolute Gasteiger partial charge is 0.393 e. The lowest BCUT2D eigenvalue weighted by Crippen LogP contribution is -2.46. The second kappa shape index (κ2) is 3.69. The molecule has 0 aromatic carbocycles. The molecule has 4 heteroatoms. The lowest BCUT2D eigenvalue weighted by molar-refractivity contribution is -0.150. The van der Waals surface area contributed by atoms with Crippen LogP contribution in [-0.2, 0) is 9.59 Å². The van der Waals surface area contributed by atoms with Crippen LogP contribution in [0, 0.1) is 5.92 Å². The number of hydrogen-bond acceptors (Lipinski definition) is 3. The van der Waals surface area contributed by atoms with E-state index in [4.69, 9.17) is 5.11 Å². The van der Waals surface area contributed by atoms with Gasteiger partial charge in [-0.25, -0.2) is 0 Å². The van der Waals surface area contributed by atoms with Crippen molar-refractivity contribution in [3.63, 3.8) is 0 Å². The molecule has 1 saturated carbocycles. The average Bonchev–Trinajstić information content (AvgIpc) is 2.08. The summed E-state index contributed by atoms with van der Waals surface area (Å²) in [6, 6.07) is 0. The Bertz CT molecular complexity index is 242. The van der Waals surface area contributed by atoms with Gasteiger partial charge in [0.1, 0.15) is 0 Å². The first kappa shape index (κ1) is 9.65. The highest BCUT2D eigenvalue weighted by Crippen LogP contribution is 2.29. The number of hydrogen-bond donors (Lipinski definition) is 1. The summed E-state index contributed by atoms with van der Waals surface area (Å²) < 4.78 is 0. The van der Waals surface area contributed by atoms with E-state index in [9.17, 15) is 9.59 Å². The maximum absolute atomic E-state index is 11.4. The molecule has 0 atom stereocenters. The van der Waals surface area contributed by atoms with Crippen LogP contribution < -0.4 is 0 Å². The fourth-order valence-corrected chi connectivity index (χ4v) is 2.11. The van der Waals surface area contributed by atoms with E-state index < -0.39 is 0 Å². The Morgan fingerprint density at radius 2 is 1.79 bits per heavy atom. The number of carbonyl (C=O) groups excluding carboxylic acids is 2. The van der Waals surface area contributed by atoms with Crippen molar-refractivity contribution in [2.24, 2.45) is 5.92 Å². The van der Waals surface area contributed by atoms with E-state index in [-0.39, 0.29) is 17.9 Å². The van der Waals surface area contributed by atoms with Crippen LogP contribution in [0.1, 0.15) is 32.1 Å². The first-order chi connectivity index (χ1) is 6.66. The number of likely N-dealkylation sites (tertiary alicyclic amines) is 1. The van der Waals surface area contributed by atoms with Crippen molar-refractivity contribution in [2.75, 3.05) is 6.54 Å². The van der Waals surface area contributed by atoms with Gasteiger partial charge in [0, 0.05) is 19.4 Å². The predicted molar refractivity (Wildman–Crippen MR) is 49.3 cm³/mol.